The van der Waals surface area contributed by atoms with Gasteiger partial charge in [0, 0.05) is 50.9 Å². The van der Waals surface area contributed by atoms with E-state index < -0.39 is 5.60 Å². The number of aromatic nitrogens is 5. The van der Waals surface area contributed by atoms with Gasteiger partial charge in [0.1, 0.15) is 22.3 Å². The number of ether oxygens (including phenoxy) is 1. The summed E-state index contributed by atoms with van der Waals surface area (Å²) in [5.41, 5.74) is 0.312. The van der Waals surface area contributed by atoms with E-state index in [1.165, 1.54) is 32.1 Å². The smallest absolute Gasteiger partial charge is 0.410 e. The molecule has 0 bridgehead atoms. The van der Waals surface area contributed by atoms with Crippen LogP contribution in [0.5, 0.6) is 0 Å². The number of halogens is 1. The lowest BCUT2D eigenvalue weighted by atomic mass is 9.95. The molecule has 0 atom stereocenters. The number of nitrogens with one attached hydrogen (secondary N) is 4. The average Bonchev–Trinajstić information content (AvgIpc) is 3.39. The van der Waals surface area contributed by atoms with Crippen LogP contribution in [0, 0.1) is 0 Å². The minimum absolute atomic E-state index is 0.176. The normalized spacial score (nSPS) is 17.0. The molecule has 4 N–H and O–H groups in total. The highest BCUT2D eigenvalue weighted by molar-refractivity contribution is 6.29. The topological polar surface area (TPSA) is 134 Å². The number of aryl methyl sites for hydroxylation is 1. The van der Waals surface area contributed by atoms with Crippen molar-refractivity contribution in [2.75, 3.05) is 43.4 Å². The second-order valence-corrected chi connectivity index (χ2v) is 12.4. The van der Waals surface area contributed by atoms with Crippen molar-refractivity contribution in [3.05, 3.63) is 23.1 Å². The molecule has 12 nitrogen and oxygen atoms in total. The number of carbonyl (C=O) groups excluding carboxylic acids is 1. The van der Waals surface area contributed by atoms with Gasteiger partial charge in [0.15, 0.2) is 0 Å². The molecule has 0 radical (unpaired) electrons. The van der Waals surface area contributed by atoms with Crippen molar-refractivity contribution in [3.63, 3.8) is 0 Å². The predicted octanol–water partition coefficient (Wildman–Crippen LogP) is 4.05. The van der Waals surface area contributed by atoms with Crippen molar-refractivity contribution in [1.29, 1.82) is 0 Å². The van der Waals surface area contributed by atoms with Gasteiger partial charge in [-0.25, -0.2) is 9.78 Å². The number of amides is 1. The van der Waals surface area contributed by atoms with E-state index in [0.717, 1.165) is 51.1 Å². The van der Waals surface area contributed by atoms with Gasteiger partial charge >= 0.3 is 6.09 Å². The number of nitrogens with zero attached hydrogens (tertiary/aromatic N) is 6. The molecule has 1 saturated carbocycles. The minimum atomic E-state index is -0.496. The molecule has 1 aliphatic carbocycles. The zero-order chi connectivity index (χ0) is 29.1. The van der Waals surface area contributed by atoms with Crippen LogP contribution in [0.25, 0.3) is 0 Å². The fourth-order valence-electron chi connectivity index (χ4n) is 5.17. The van der Waals surface area contributed by atoms with Crippen molar-refractivity contribution in [1.82, 2.24) is 40.5 Å². The van der Waals surface area contributed by atoms with E-state index >= 15 is 0 Å². The summed E-state index contributed by atoms with van der Waals surface area (Å²) in [5.74, 6) is 1.07. The summed E-state index contributed by atoms with van der Waals surface area (Å²) in [6, 6.07) is 2.60. The highest BCUT2D eigenvalue weighted by atomic mass is 35.5. The minimum Gasteiger partial charge on any atom is -0.444 e. The standard InChI is InChI=1S/C28H47ClN10O2/c1-28(2,3)41-27(40)38-16-10-22(11-17-38)33-25-18-24(29)34-26(35-25)32-19-23-20-39(37-36-23)15-7-12-30-13-14-31-21-8-5-4-6-9-21/h18,20-22,30-31H,4-17,19H2,1-3H3,(H2,32,33,34,35). The Balaban J connectivity index is 1.13. The van der Waals surface area contributed by atoms with Gasteiger partial charge in [-0.05, 0) is 59.4 Å². The number of likely N-dealkylation sites (tertiary alicyclic amines) is 1. The first-order chi connectivity index (χ1) is 19.7. The third kappa shape index (κ3) is 11.2. The summed E-state index contributed by atoms with van der Waals surface area (Å²) in [4.78, 5) is 23.0. The number of hydrogen-bond acceptors (Lipinski definition) is 10. The Bertz CT molecular complexity index is 1080. The predicted molar refractivity (Wildman–Crippen MR) is 161 cm³/mol. The fourth-order valence-corrected chi connectivity index (χ4v) is 5.36. The monoisotopic (exact) mass is 590 g/mol. The van der Waals surface area contributed by atoms with Crippen LogP contribution in [-0.2, 0) is 17.8 Å². The molecule has 1 amide bonds. The second kappa shape index (κ2) is 15.5. The second-order valence-electron chi connectivity index (χ2n) is 12.0. The molecule has 1 saturated heterocycles. The van der Waals surface area contributed by atoms with Gasteiger partial charge in [0.25, 0.3) is 0 Å². The molecule has 2 fully saturated rings. The molecule has 13 heteroatoms. The fraction of sp³-hybridized carbons (Fsp3) is 0.750. The summed E-state index contributed by atoms with van der Waals surface area (Å²) in [6.45, 7) is 11.1. The van der Waals surface area contributed by atoms with Gasteiger partial charge in [-0.15, -0.1) is 5.10 Å². The summed E-state index contributed by atoms with van der Waals surface area (Å²) in [5, 5.41) is 22.7. The quantitative estimate of drug-likeness (QED) is 0.200. The van der Waals surface area contributed by atoms with Crippen molar-refractivity contribution in [3.8, 4) is 0 Å². The first kappa shape index (κ1) is 31.2. The van der Waals surface area contributed by atoms with E-state index in [0.29, 0.717) is 42.6 Å². The third-order valence-electron chi connectivity index (χ3n) is 7.29. The molecule has 228 valence electrons. The Morgan fingerprint density at radius 3 is 2.59 bits per heavy atom. The number of rotatable bonds is 13. The van der Waals surface area contributed by atoms with Crippen LogP contribution in [0.4, 0.5) is 16.6 Å². The van der Waals surface area contributed by atoms with Crippen LogP contribution in [-0.4, -0.2) is 86.4 Å². The molecule has 2 aromatic rings. The molecule has 1 aliphatic heterocycles. The van der Waals surface area contributed by atoms with Crippen LogP contribution >= 0.6 is 11.6 Å². The first-order valence-electron chi connectivity index (χ1n) is 15.1. The Hall–Kier alpha value is -2.70. The number of piperidine rings is 1. The zero-order valence-electron chi connectivity index (χ0n) is 24.8. The van der Waals surface area contributed by atoms with Gasteiger partial charge in [-0.2, -0.15) is 4.98 Å². The SMILES string of the molecule is CC(C)(C)OC(=O)N1CCC(Nc2cc(Cl)nc(NCc3cn(CCCNCCNC4CCCCC4)nn3)n2)CC1. The Labute approximate surface area is 248 Å². The van der Waals surface area contributed by atoms with E-state index in [1.807, 2.05) is 31.6 Å². The van der Waals surface area contributed by atoms with E-state index in [2.05, 4.69) is 41.5 Å². The van der Waals surface area contributed by atoms with Crippen LogP contribution in [0.1, 0.15) is 77.8 Å². The van der Waals surface area contributed by atoms with E-state index in [-0.39, 0.29) is 12.1 Å². The third-order valence-corrected chi connectivity index (χ3v) is 7.48. The molecule has 3 heterocycles. The van der Waals surface area contributed by atoms with Crippen LogP contribution < -0.4 is 21.3 Å². The first-order valence-corrected chi connectivity index (χ1v) is 15.5. The number of anilines is 2. The maximum atomic E-state index is 12.3. The summed E-state index contributed by atoms with van der Waals surface area (Å²) in [6.07, 6.45) is 11.0. The van der Waals surface area contributed by atoms with Crippen LogP contribution in [0.2, 0.25) is 5.15 Å². The van der Waals surface area contributed by atoms with Crippen LogP contribution in [0.3, 0.4) is 0 Å². The molecule has 4 rings (SSSR count). The van der Waals surface area contributed by atoms with Crippen molar-refractivity contribution >= 4 is 29.5 Å². The van der Waals surface area contributed by atoms with Gasteiger partial charge in [0.05, 0.1) is 12.7 Å². The van der Waals surface area contributed by atoms with Gasteiger partial charge in [0.2, 0.25) is 5.95 Å². The highest BCUT2D eigenvalue weighted by Gasteiger charge is 2.27. The van der Waals surface area contributed by atoms with Gasteiger partial charge in [-0.1, -0.05) is 36.1 Å². The number of hydrogen-bond donors (Lipinski definition) is 4. The van der Waals surface area contributed by atoms with E-state index in [9.17, 15) is 4.79 Å². The molecule has 0 spiro atoms. The average molecular weight is 591 g/mol. The van der Waals surface area contributed by atoms with Crippen molar-refractivity contribution < 1.29 is 9.53 Å². The van der Waals surface area contributed by atoms with Crippen molar-refractivity contribution in [2.24, 2.45) is 0 Å². The van der Waals surface area contributed by atoms with Crippen molar-refractivity contribution in [2.45, 2.75) is 103 Å². The highest BCUT2D eigenvalue weighted by Crippen LogP contribution is 2.21. The van der Waals surface area contributed by atoms with E-state index in [4.69, 9.17) is 16.3 Å². The molecule has 2 aromatic heterocycles. The molecular formula is C28H47ClN10O2. The van der Waals surface area contributed by atoms with Gasteiger partial charge in [-0.3, -0.25) is 4.68 Å². The zero-order valence-corrected chi connectivity index (χ0v) is 25.5. The maximum Gasteiger partial charge on any atom is 0.410 e. The lowest BCUT2D eigenvalue weighted by Gasteiger charge is -2.33. The molecular weight excluding hydrogens is 544 g/mol. The Kier molecular flexibility index (Phi) is 11.8. The number of carbonyl (C=O) groups is 1. The lowest BCUT2D eigenvalue weighted by molar-refractivity contribution is 0.0210. The van der Waals surface area contributed by atoms with Gasteiger partial charge < -0.3 is 30.9 Å². The van der Waals surface area contributed by atoms with Crippen LogP contribution in [0.15, 0.2) is 12.3 Å². The summed E-state index contributed by atoms with van der Waals surface area (Å²) >= 11 is 6.28. The Morgan fingerprint density at radius 1 is 1.05 bits per heavy atom. The molecule has 41 heavy (non-hydrogen) atoms. The Morgan fingerprint density at radius 2 is 1.83 bits per heavy atom. The maximum absolute atomic E-state index is 12.3. The molecule has 0 aromatic carbocycles. The van der Waals surface area contributed by atoms with E-state index in [1.54, 1.807) is 11.0 Å². The summed E-state index contributed by atoms with van der Waals surface area (Å²) < 4.78 is 7.36. The molecule has 2 aliphatic rings. The molecule has 0 unspecified atom stereocenters. The summed E-state index contributed by atoms with van der Waals surface area (Å²) in [7, 11) is 0. The largest absolute Gasteiger partial charge is 0.444 e. The lowest BCUT2D eigenvalue weighted by Crippen LogP contribution is -2.44.